The predicted molar refractivity (Wildman–Crippen MR) is 98.1 cm³/mol. The third kappa shape index (κ3) is 3.22. The molecule has 128 valence electrons. The van der Waals surface area contributed by atoms with Crippen LogP contribution in [-0.4, -0.2) is 16.0 Å². The number of carbonyl (C=O) groups is 1. The van der Waals surface area contributed by atoms with Crippen LogP contribution in [0.1, 0.15) is 51.9 Å². The SMILES string of the molecule is Cc1ccc(C(=O)Nc2cc(-c3noc(C4CCC4)n3)sc2C)cc1. The molecule has 0 radical (unpaired) electrons. The van der Waals surface area contributed by atoms with Gasteiger partial charge >= 0.3 is 0 Å². The van der Waals surface area contributed by atoms with Gasteiger partial charge in [0.25, 0.3) is 5.91 Å². The molecule has 2 aromatic heterocycles. The molecule has 0 bridgehead atoms. The lowest BCUT2D eigenvalue weighted by atomic mass is 9.85. The van der Waals surface area contributed by atoms with Crippen LogP contribution in [0, 0.1) is 13.8 Å². The van der Waals surface area contributed by atoms with E-state index in [1.165, 1.54) is 6.42 Å². The van der Waals surface area contributed by atoms with Crippen LogP contribution in [0.4, 0.5) is 5.69 Å². The van der Waals surface area contributed by atoms with E-state index in [4.69, 9.17) is 4.52 Å². The fourth-order valence-corrected chi connectivity index (χ4v) is 3.67. The fraction of sp³-hybridized carbons (Fsp3) is 0.316. The van der Waals surface area contributed by atoms with Gasteiger partial charge in [-0.15, -0.1) is 11.3 Å². The number of rotatable bonds is 4. The number of hydrogen-bond donors (Lipinski definition) is 1. The normalized spacial score (nSPS) is 14.3. The number of benzene rings is 1. The van der Waals surface area contributed by atoms with E-state index in [0.29, 0.717) is 17.3 Å². The lowest BCUT2D eigenvalue weighted by Gasteiger charge is -2.20. The number of hydrogen-bond acceptors (Lipinski definition) is 5. The quantitative estimate of drug-likeness (QED) is 0.722. The number of anilines is 1. The van der Waals surface area contributed by atoms with Crippen molar-refractivity contribution < 1.29 is 9.32 Å². The zero-order valence-electron chi connectivity index (χ0n) is 14.2. The van der Waals surface area contributed by atoms with Crippen molar-refractivity contribution in [1.82, 2.24) is 10.1 Å². The molecule has 2 heterocycles. The van der Waals surface area contributed by atoms with Crippen molar-refractivity contribution >= 4 is 22.9 Å². The summed E-state index contributed by atoms with van der Waals surface area (Å²) in [6.07, 6.45) is 3.49. The third-order valence-electron chi connectivity index (χ3n) is 4.60. The van der Waals surface area contributed by atoms with Gasteiger partial charge in [-0.25, -0.2) is 0 Å². The molecule has 0 saturated heterocycles. The summed E-state index contributed by atoms with van der Waals surface area (Å²) in [6, 6.07) is 9.44. The molecule has 1 N–H and O–H groups in total. The number of carbonyl (C=O) groups excluding carboxylic acids is 1. The van der Waals surface area contributed by atoms with Gasteiger partial charge < -0.3 is 9.84 Å². The zero-order chi connectivity index (χ0) is 17.4. The van der Waals surface area contributed by atoms with Crippen LogP contribution in [0.25, 0.3) is 10.7 Å². The van der Waals surface area contributed by atoms with Gasteiger partial charge in [0, 0.05) is 16.4 Å². The maximum absolute atomic E-state index is 12.4. The summed E-state index contributed by atoms with van der Waals surface area (Å²) >= 11 is 1.56. The molecule has 1 aliphatic carbocycles. The maximum Gasteiger partial charge on any atom is 0.255 e. The van der Waals surface area contributed by atoms with Gasteiger partial charge in [-0.2, -0.15) is 4.98 Å². The van der Waals surface area contributed by atoms with Gasteiger partial charge in [0.1, 0.15) is 0 Å². The van der Waals surface area contributed by atoms with Crippen molar-refractivity contribution in [2.45, 2.75) is 39.0 Å². The second kappa shape index (κ2) is 6.44. The summed E-state index contributed by atoms with van der Waals surface area (Å²) < 4.78 is 5.39. The number of nitrogens with one attached hydrogen (secondary N) is 1. The highest BCUT2D eigenvalue weighted by Gasteiger charge is 2.26. The van der Waals surface area contributed by atoms with E-state index in [-0.39, 0.29) is 5.91 Å². The molecular formula is C19H19N3O2S. The Balaban J connectivity index is 1.52. The molecule has 3 aromatic rings. The average molecular weight is 353 g/mol. The van der Waals surface area contributed by atoms with Gasteiger partial charge in [-0.1, -0.05) is 29.3 Å². The molecule has 1 aromatic carbocycles. The number of amides is 1. The van der Waals surface area contributed by atoms with Crippen LogP contribution in [0.3, 0.4) is 0 Å². The summed E-state index contributed by atoms with van der Waals surface area (Å²) in [5.74, 6) is 1.64. The Bertz CT molecular complexity index is 907. The lowest BCUT2D eigenvalue weighted by molar-refractivity contribution is 0.102. The highest BCUT2D eigenvalue weighted by molar-refractivity contribution is 7.16. The first-order chi connectivity index (χ1) is 12.1. The zero-order valence-corrected chi connectivity index (χ0v) is 15.0. The second-order valence-electron chi connectivity index (χ2n) is 6.48. The second-order valence-corrected chi connectivity index (χ2v) is 7.74. The molecule has 1 fully saturated rings. The Morgan fingerprint density at radius 2 is 2.00 bits per heavy atom. The van der Waals surface area contributed by atoms with Crippen LogP contribution < -0.4 is 5.32 Å². The Kier molecular flexibility index (Phi) is 4.13. The van der Waals surface area contributed by atoms with Crippen LogP contribution in [0.2, 0.25) is 0 Å². The minimum Gasteiger partial charge on any atom is -0.339 e. The average Bonchev–Trinajstić information content (AvgIpc) is 3.14. The van der Waals surface area contributed by atoms with Crippen molar-refractivity contribution in [3.8, 4) is 10.7 Å². The number of aryl methyl sites for hydroxylation is 2. The van der Waals surface area contributed by atoms with E-state index in [9.17, 15) is 4.79 Å². The standard InChI is InChI=1S/C19H19N3O2S/c1-11-6-8-13(9-7-11)18(23)20-15-10-16(25-12(15)2)17-21-19(24-22-17)14-4-3-5-14/h6-10,14H,3-5H2,1-2H3,(H,20,23). The molecule has 0 spiro atoms. The van der Waals surface area contributed by atoms with E-state index >= 15 is 0 Å². The molecule has 1 amide bonds. The van der Waals surface area contributed by atoms with Gasteiger partial charge in [0.05, 0.1) is 10.6 Å². The predicted octanol–water partition coefficient (Wildman–Crippen LogP) is 4.93. The third-order valence-corrected chi connectivity index (χ3v) is 5.64. The first-order valence-corrected chi connectivity index (χ1v) is 9.24. The molecule has 5 nitrogen and oxygen atoms in total. The first kappa shape index (κ1) is 16.0. The highest BCUT2D eigenvalue weighted by Crippen LogP contribution is 2.38. The number of aromatic nitrogens is 2. The van der Waals surface area contributed by atoms with Gasteiger partial charge in [-0.05, 0) is 44.9 Å². The van der Waals surface area contributed by atoms with Crippen LogP contribution >= 0.6 is 11.3 Å². The Morgan fingerprint density at radius 1 is 1.24 bits per heavy atom. The van der Waals surface area contributed by atoms with E-state index in [2.05, 4.69) is 15.5 Å². The molecule has 6 heteroatoms. The highest BCUT2D eigenvalue weighted by atomic mass is 32.1. The summed E-state index contributed by atoms with van der Waals surface area (Å²) in [5, 5.41) is 7.08. The van der Waals surface area contributed by atoms with Gasteiger partial charge in [0.2, 0.25) is 11.7 Å². The largest absolute Gasteiger partial charge is 0.339 e. The molecule has 0 atom stereocenters. The van der Waals surface area contributed by atoms with E-state index < -0.39 is 0 Å². The monoisotopic (exact) mass is 353 g/mol. The van der Waals surface area contributed by atoms with E-state index in [1.807, 2.05) is 44.2 Å². The van der Waals surface area contributed by atoms with E-state index in [0.717, 1.165) is 39.7 Å². The van der Waals surface area contributed by atoms with Gasteiger partial charge in [0.15, 0.2) is 0 Å². The molecule has 0 aliphatic heterocycles. The van der Waals surface area contributed by atoms with Crippen molar-refractivity contribution in [2.75, 3.05) is 5.32 Å². The lowest BCUT2D eigenvalue weighted by Crippen LogP contribution is -2.11. The van der Waals surface area contributed by atoms with Crippen LogP contribution in [0.5, 0.6) is 0 Å². The molecule has 0 unspecified atom stereocenters. The minimum absolute atomic E-state index is 0.115. The molecule has 4 rings (SSSR count). The van der Waals surface area contributed by atoms with Crippen molar-refractivity contribution in [1.29, 1.82) is 0 Å². The Morgan fingerprint density at radius 3 is 2.68 bits per heavy atom. The Labute approximate surface area is 150 Å². The fourth-order valence-electron chi connectivity index (χ4n) is 2.77. The first-order valence-electron chi connectivity index (χ1n) is 8.42. The summed E-state index contributed by atoms with van der Waals surface area (Å²) in [6.45, 7) is 3.98. The topological polar surface area (TPSA) is 68.0 Å². The van der Waals surface area contributed by atoms with Crippen LogP contribution in [0.15, 0.2) is 34.9 Å². The maximum atomic E-state index is 12.4. The smallest absolute Gasteiger partial charge is 0.255 e. The molecule has 1 aliphatic rings. The van der Waals surface area contributed by atoms with Crippen molar-refractivity contribution in [2.24, 2.45) is 0 Å². The van der Waals surface area contributed by atoms with Crippen molar-refractivity contribution in [3.05, 3.63) is 52.2 Å². The van der Waals surface area contributed by atoms with Crippen molar-refractivity contribution in [3.63, 3.8) is 0 Å². The minimum atomic E-state index is -0.115. The summed E-state index contributed by atoms with van der Waals surface area (Å²) in [5.41, 5.74) is 2.56. The molecule has 25 heavy (non-hydrogen) atoms. The van der Waals surface area contributed by atoms with Crippen LogP contribution in [-0.2, 0) is 0 Å². The summed E-state index contributed by atoms with van der Waals surface area (Å²) in [4.78, 5) is 18.9. The summed E-state index contributed by atoms with van der Waals surface area (Å²) in [7, 11) is 0. The molecule has 1 saturated carbocycles. The van der Waals surface area contributed by atoms with E-state index in [1.54, 1.807) is 11.3 Å². The van der Waals surface area contributed by atoms with Gasteiger partial charge in [-0.3, -0.25) is 4.79 Å². The number of thiophene rings is 1. The number of nitrogens with zero attached hydrogens (tertiary/aromatic N) is 2. The molecular weight excluding hydrogens is 334 g/mol. The Hall–Kier alpha value is -2.47.